The van der Waals surface area contributed by atoms with E-state index in [1.807, 2.05) is 4.90 Å². The van der Waals surface area contributed by atoms with Gasteiger partial charge in [0.1, 0.15) is 0 Å². The molecule has 0 radical (unpaired) electrons. The van der Waals surface area contributed by atoms with Crippen molar-refractivity contribution in [1.82, 2.24) is 4.90 Å². The SMILES string of the molecule is COC1(CC(=O)N2CCCCCC2CCl)CCC1. The number of ether oxygens (including phenoxy) is 1. The van der Waals surface area contributed by atoms with Crippen LogP contribution in [0.5, 0.6) is 0 Å². The van der Waals surface area contributed by atoms with Crippen LogP contribution < -0.4 is 0 Å². The van der Waals surface area contributed by atoms with Gasteiger partial charge in [-0.2, -0.15) is 0 Å². The van der Waals surface area contributed by atoms with Gasteiger partial charge in [-0.15, -0.1) is 11.6 Å². The van der Waals surface area contributed by atoms with Crippen LogP contribution in [0.3, 0.4) is 0 Å². The van der Waals surface area contributed by atoms with Gasteiger partial charge in [-0.05, 0) is 32.1 Å². The molecule has 1 amide bonds. The van der Waals surface area contributed by atoms with E-state index in [2.05, 4.69) is 0 Å². The number of alkyl halides is 1. The van der Waals surface area contributed by atoms with E-state index in [-0.39, 0.29) is 17.6 Å². The summed E-state index contributed by atoms with van der Waals surface area (Å²) in [6.07, 6.45) is 8.33. The minimum absolute atomic E-state index is 0.166. The summed E-state index contributed by atoms with van der Waals surface area (Å²) < 4.78 is 5.55. The first-order valence-corrected chi connectivity index (χ1v) is 7.65. The molecule has 0 bridgehead atoms. The molecule has 1 heterocycles. The fraction of sp³-hybridized carbons (Fsp3) is 0.929. The Morgan fingerprint density at radius 1 is 1.33 bits per heavy atom. The molecule has 104 valence electrons. The topological polar surface area (TPSA) is 29.5 Å². The first-order chi connectivity index (χ1) is 8.71. The molecule has 1 unspecified atom stereocenters. The van der Waals surface area contributed by atoms with E-state index < -0.39 is 0 Å². The van der Waals surface area contributed by atoms with E-state index in [9.17, 15) is 4.79 Å². The first-order valence-electron chi connectivity index (χ1n) is 7.11. The molecular formula is C14H24ClNO2. The average Bonchev–Trinajstić information content (AvgIpc) is 2.58. The lowest BCUT2D eigenvalue weighted by Gasteiger charge is -2.42. The Bertz CT molecular complexity index is 286. The highest BCUT2D eigenvalue weighted by Crippen LogP contribution is 2.38. The van der Waals surface area contributed by atoms with Gasteiger partial charge in [-0.1, -0.05) is 12.8 Å². The molecule has 0 spiro atoms. The van der Waals surface area contributed by atoms with Crippen molar-refractivity contribution in [2.45, 2.75) is 63.0 Å². The Labute approximate surface area is 115 Å². The summed E-state index contributed by atoms with van der Waals surface area (Å²) in [6.45, 7) is 0.871. The number of halogens is 1. The molecule has 3 nitrogen and oxygen atoms in total. The van der Waals surface area contributed by atoms with E-state index in [0.717, 1.165) is 32.2 Å². The van der Waals surface area contributed by atoms with Gasteiger partial charge in [0.25, 0.3) is 0 Å². The molecule has 0 aromatic rings. The van der Waals surface area contributed by atoms with E-state index in [4.69, 9.17) is 16.3 Å². The fourth-order valence-corrected chi connectivity index (χ4v) is 3.39. The van der Waals surface area contributed by atoms with Crippen LogP contribution in [0.2, 0.25) is 0 Å². The fourth-order valence-electron chi connectivity index (χ4n) is 3.07. The second-order valence-electron chi connectivity index (χ2n) is 5.66. The van der Waals surface area contributed by atoms with Crippen molar-refractivity contribution in [3.05, 3.63) is 0 Å². The van der Waals surface area contributed by atoms with E-state index in [0.29, 0.717) is 12.3 Å². The normalized spacial score (nSPS) is 27.4. The summed E-state index contributed by atoms with van der Waals surface area (Å²) in [4.78, 5) is 14.5. The van der Waals surface area contributed by atoms with Crippen LogP contribution in [-0.2, 0) is 9.53 Å². The van der Waals surface area contributed by atoms with Crippen LogP contribution in [0.25, 0.3) is 0 Å². The lowest BCUT2D eigenvalue weighted by molar-refractivity contribution is -0.145. The Morgan fingerprint density at radius 3 is 2.67 bits per heavy atom. The zero-order valence-corrected chi connectivity index (χ0v) is 12.0. The molecule has 1 saturated carbocycles. The second kappa shape index (κ2) is 6.25. The average molecular weight is 274 g/mol. The smallest absolute Gasteiger partial charge is 0.225 e. The zero-order chi connectivity index (χ0) is 13.0. The maximum atomic E-state index is 12.5. The van der Waals surface area contributed by atoms with Crippen molar-refractivity contribution >= 4 is 17.5 Å². The Balaban J connectivity index is 1.97. The van der Waals surface area contributed by atoms with E-state index in [1.165, 1.54) is 19.3 Å². The molecule has 4 heteroatoms. The molecule has 1 aliphatic heterocycles. The maximum absolute atomic E-state index is 12.5. The number of carbonyl (C=O) groups excluding carboxylic acids is 1. The molecule has 0 aromatic carbocycles. The third-order valence-electron chi connectivity index (χ3n) is 4.55. The quantitative estimate of drug-likeness (QED) is 0.737. The second-order valence-corrected chi connectivity index (χ2v) is 5.97. The van der Waals surface area contributed by atoms with Crippen molar-refractivity contribution in [3.63, 3.8) is 0 Å². The summed E-state index contributed by atoms with van der Waals surface area (Å²) >= 11 is 6.02. The van der Waals surface area contributed by atoms with Crippen LogP contribution in [-0.4, -0.2) is 42.0 Å². The van der Waals surface area contributed by atoms with Gasteiger partial charge in [-0.25, -0.2) is 0 Å². The summed E-state index contributed by atoms with van der Waals surface area (Å²) in [5.74, 6) is 0.801. The Kier molecular flexibility index (Phi) is 4.91. The van der Waals surface area contributed by atoms with Crippen LogP contribution in [0.15, 0.2) is 0 Å². The van der Waals surface area contributed by atoms with Gasteiger partial charge in [-0.3, -0.25) is 4.79 Å². The maximum Gasteiger partial charge on any atom is 0.225 e. The van der Waals surface area contributed by atoms with Crippen molar-refractivity contribution in [3.8, 4) is 0 Å². The van der Waals surface area contributed by atoms with E-state index in [1.54, 1.807) is 7.11 Å². The lowest BCUT2D eigenvalue weighted by Crippen LogP contribution is -2.48. The Hall–Kier alpha value is -0.280. The van der Waals surface area contributed by atoms with Gasteiger partial charge >= 0.3 is 0 Å². The Morgan fingerprint density at radius 2 is 2.11 bits per heavy atom. The van der Waals surface area contributed by atoms with Crippen molar-refractivity contribution in [2.24, 2.45) is 0 Å². The molecule has 0 N–H and O–H groups in total. The molecule has 1 saturated heterocycles. The molecule has 1 atom stereocenters. The van der Waals surface area contributed by atoms with Crippen molar-refractivity contribution < 1.29 is 9.53 Å². The lowest BCUT2D eigenvalue weighted by atomic mass is 9.77. The van der Waals surface area contributed by atoms with Crippen molar-refractivity contribution in [2.75, 3.05) is 19.5 Å². The number of hydrogen-bond acceptors (Lipinski definition) is 2. The predicted octanol–water partition coefficient (Wildman–Crippen LogP) is 2.96. The van der Waals surface area contributed by atoms with Crippen LogP contribution in [0.4, 0.5) is 0 Å². The summed E-state index contributed by atoms with van der Waals surface area (Å²) in [6, 6.07) is 0.232. The third-order valence-corrected chi connectivity index (χ3v) is 4.90. The molecule has 0 aromatic heterocycles. The van der Waals surface area contributed by atoms with Crippen LogP contribution in [0.1, 0.15) is 51.4 Å². The van der Waals surface area contributed by atoms with E-state index >= 15 is 0 Å². The highest BCUT2D eigenvalue weighted by Gasteiger charge is 2.40. The minimum Gasteiger partial charge on any atom is -0.378 e. The number of carbonyl (C=O) groups is 1. The summed E-state index contributed by atoms with van der Waals surface area (Å²) in [7, 11) is 1.73. The number of rotatable bonds is 4. The molecular weight excluding hydrogens is 250 g/mol. The van der Waals surface area contributed by atoms with Crippen molar-refractivity contribution in [1.29, 1.82) is 0 Å². The minimum atomic E-state index is -0.166. The molecule has 2 rings (SSSR count). The number of amides is 1. The number of nitrogens with zero attached hydrogens (tertiary/aromatic N) is 1. The first kappa shape index (κ1) is 14.1. The predicted molar refractivity (Wildman–Crippen MR) is 72.9 cm³/mol. The molecule has 2 fully saturated rings. The summed E-state index contributed by atoms with van der Waals surface area (Å²) in [5.41, 5.74) is -0.166. The molecule has 2 aliphatic rings. The number of hydrogen-bond donors (Lipinski definition) is 0. The van der Waals surface area contributed by atoms with Gasteiger partial charge in [0.15, 0.2) is 0 Å². The van der Waals surface area contributed by atoms with Gasteiger partial charge in [0.2, 0.25) is 5.91 Å². The third kappa shape index (κ3) is 3.00. The largest absolute Gasteiger partial charge is 0.378 e. The summed E-state index contributed by atoms with van der Waals surface area (Å²) in [5, 5.41) is 0. The van der Waals surface area contributed by atoms with Gasteiger partial charge < -0.3 is 9.64 Å². The van der Waals surface area contributed by atoms with Gasteiger partial charge in [0, 0.05) is 25.6 Å². The van der Waals surface area contributed by atoms with Crippen LogP contribution in [0, 0.1) is 0 Å². The highest BCUT2D eigenvalue weighted by atomic mass is 35.5. The standard InChI is InChI=1S/C14H24ClNO2/c1-18-14(7-5-8-14)10-13(17)16-9-4-2-3-6-12(16)11-15/h12H,2-11H2,1H3. The molecule has 18 heavy (non-hydrogen) atoms. The zero-order valence-electron chi connectivity index (χ0n) is 11.3. The highest BCUT2D eigenvalue weighted by molar-refractivity contribution is 6.18. The van der Waals surface area contributed by atoms with Crippen LogP contribution >= 0.6 is 11.6 Å². The van der Waals surface area contributed by atoms with Gasteiger partial charge in [0.05, 0.1) is 12.0 Å². The molecule has 1 aliphatic carbocycles. The number of methoxy groups -OCH3 is 1. The number of likely N-dealkylation sites (tertiary alicyclic amines) is 1. The monoisotopic (exact) mass is 273 g/mol.